The molecule has 0 amide bonds. The van der Waals surface area contributed by atoms with Gasteiger partial charge in [0.05, 0.1) is 16.8 Å². The number of oxime groups is 1. The van der Waals surface area contributed by atoms with Crippen LogP contribution < -0.4 is 16.1 Å². The van der Waals surface area contributed by atoms with E-state index in [1.54, 1.807) is 18.3 Å². The molecule has 0 aliphatic carbocycles. The van der Waals surface area contributed by atoms with Gasteiger partial charge in [0.1, 0.15) is 12.4 Å². The maximum absolute atomic E-state index is 15.4. The molecule has 40 heavy (non-hydrogen) atoms. The van der Waals surface area contributed by atoms with E-state index in [9.17, 15) is 4.79 Å². The van der Waals surface area contributed by atoms with Crippen LogP contribution in [-0.4, -0.2) is 55.1 Å². The molecule has 0 atom stereocenters. The number of hydrogen-bond acceptors (Lipinski definition) is 5. The molecule has 2 N–H and O–H groups in total. The van der Waals surface area contributed by atoms with Crippen molar-refractivity contribution in [3.63, 3.8) is 0 Å². The van der Waals surface area contributed by atoms with Crippen molar-refractivity contribution in [1.29, 1.82) is 0 Å². The first kappa shape index (κ1) is 30.6. The monoisotopic (exact) mass is 547 g/mol. The smallest absolute Gasteiger partial charge is 0.200 e. The van der Waals surface area contributed by atoms with Crippen molar-refractivity contribution in [2.24, 2.45) is 10.9 Å². The molecule has 1 saturated heterocycles. The minimum atomic E-state index is -0.408. The van der Waals surface area contributed by atoms with Crippen LogP contribution in [0.15, 0.2) is 82.9 Å². The SMILES string of the molecule is C/C=C(\C)CCO/N=C(\N)c1cn(CCc2ccccc2)c2cc(N3CCN(C)CC3)c(F)cc2c1=O.C=CC. The number of allylic oxidation sites excluding steroid dienone is 2. The van der Waals surface area contributed by atoms with Gasteiger partial charge in [-0.25, -0.2) is 4.39 Å². The van der Waals surface area contributed by atoms with Crippen molar-refractivity contribution >= 4 is 22.4 Å². The molecule has 7 nitrogen and oxygen atoms in total. The van der Waals surface area contributed by atoms with Gasteiger partial charge in [-0.3, -0.25) is 4.79 Å². The maximum atomic E-state index is 15.4. The number of aromatic nitrogens is 1. The lowest BCUT2D eigenvalue weighted by Gasteiger charge is -2.34. The number of nitrogens with zero attached hydrogens (tertiary/aromatic N) is 4. The van der Waals surface area contributed by atoms with Crippen LogP contribution in [0.1, 0.15) is 38.3 Å². The van der Waals surface area contributed by atoms with Crippen LogP contribution >= 0.6 is 0 Å². The van der Waals surface area contributed by atoms with Gasteiger partial charge in [0.2, 0.25) is 5.43 Å². The summed E-state index contributed by atoms with van der Waals surface area (Å²) < 4.78 is 17.3. The average molecular weight is 548 g/mol. The predicted molar refractivity (Wildman–Crippen MR) is 165 cm³/mol. The number of benzene rings is 2. The summed E-state index contributed by atoms with van der Waals surface area (Å²) in [6.07, 6.45) is 6.94. The highest BCUT2D eigenvalue weighted by molar-refractivity contribution is 6.00. The maximum Gasteiger partial charge on any atom is 0.200 e. The zero-order valence-corrected chi connectivity index (χ0v) is 24.2. The number of amidine groups is 1. The summed E-state index contributed by atoms with van der Waals surface area (Å²) in [5.74, 6) is -0.420. The first-order chi connectivity index (χ1) is 19.3. The normalized spacial score (nSPS) is 14.6. The lowest BCUT2D eigenvalue weighted by atomic mass is 10.1. The molecule has 8 heteroatoms. The van der Waals surface area contributed by atoms with E-state index in [2.05, 4.69) is 35.8 Å². The molecule has 2 heterocycles. The van der Waals surface area contributed by atoms with Crippen LogP contribution in [0.3, 0.4) is 0 Å². The first-order valence-corrected chi connectivity index (χ1v) is 13.8. The first-order valence-electron chi connectivity index (χ1n) is 13.8. The predicted octanol–water partition coefficient (Wildman–Crippen LogP) is 5.32. The Kier molecular flexibility index (Phi) is 11.5. The van der Waals surface area contributed by atoms with Gasteiger partial charge < -0.3 is 24.9 Å². The molecule has 3 aromatic rings. The molecule has 0 spiro atoms. The lowest BCUT2D eigenvalue weighted by molar-refractivity contribution is 0.147. The van der Waals surface area contributed by atoms with Crippen LogP contribution in [0.2, 0.25) is 0 Å². The summed E-state index contributed by atoms with van der Waals surface area (Å²) in [7, 11) is 2.06. The Bertz CT molecular complexity index is 1390. The van der Waals surface area contributed by atoms with Gasteiger partial charge in [0, 0.05) is 50.7 Å². The Morgan fingerprint density at radius 2 is 1.82 bits per heavy atom. The van der Waals surface area contributed by atoms with Crippen LogP contribution in [-0.2, 0) is 17.8 Å². The van der Waals surface area contributed by atoms with Gasteiger partial charge in [-0.05, 0) is 51.9 Å². The van der Waals surface area contributed by atoms with Gasteiger partial charge in [0.15, 0.2) is 5.84 Å². The Balaban J connectivity index is 0.00000141. The molecule has 214 valence electrons. The molecular formula is C32H42FN5O2. The van der Waals surface area contributed by atoms with Crippen molar-refractivity contribution in [3.05, 3.63) is 100 Å². The van der Waals surface area contributed by atoms with Crippen molar-refractivity contribution in [1.82, 2.24) is 9.47 Å². The topological polar surface area (TPSA) is 76.1 Å². The zero-order chi connectivity index (χ0) is 29.1. The molecule has 0 radical (unpaired) electrons. The number of anilines is 1. The fourth-order valence-corrected chi connectivity index (χ4v) is 4.47. The number of nitrogens with two attached hydrogens (primary N) is 1. The number of hydrogen-bond donors (Lipinski definition) is 1. The minimum absolute atomic E-state index is 0.0120. The van der Waals surface area contributed by atoms with Gasteiger partial charge in [-0.15, -0.1) is 6.58 Å². The summed E-state index contributed by atoms with van der Waals surface area (Å²) in [5.41, 5.74) is 9.59. The third kappa shape index (κ3) is 8.05. The Hall–Kier alpha value is -3.91. The molecule has 1 fully saturated rings. The molecule has 1 aliphatic rings. The summed E-state index contributed by atoms with van der Waals surface area (Å²) in [6.45, 7) is 13.4. The number of fused-ring (bicyclic) bond motifs is 1. The highest BCUT2D eigenvalue weighted by atomic mass is 19.1. The molecule has 1 aromatic heterocycles. The zero-order valence-electron chi connectivity index (χ0n) is 24.2. The van der Waals surface area contributed by atoms with Crippen molar-refractivity contribution in [3.8, 4) is 0 Å². The van der Waals surface area contributed by atoms with E-state index in [4.69, 9.17) is 10.6 Å². The van der Waals surface area contributed by atoms with Gasteiger partial charge >= 0.3 is 0 Å². The number of rotatable bonds is 9. The minimum Gasteiger partial charge on any atom is -0.394 e. The molecule has 4 rings (SSSR count). The summed E-state index contributed by atoms with van der Waals surface area (Å²) in [5, 5.41) is 4.28. The summed E-state index contributed by atoms with van der Waals surface area (Å²) >= 11 is 0. The highest BCUT2D eigenvalue weighted by Gasteiger charge is 2.21. The fraction of sp³-hybridized carbons (Fsp3) is 0.375. The van der Waals surface area contributed by atoms with Crippen LogP contribution in [0.5, 0.6) is 0 Å². The van der Waals surface area contributed by atoms with Crippen LogP contribution in [0.25, 0.3) is 10.9 Å². The standard InChI is InChI=1S/C29H36FN5O2.C3H6/c1-4-21(2)11-17-37-32-29(31)24-20-35(12-10-22-8-6-5-7-9-22)26-19-27(25(30)18-23(26)28(24)36)34-15-13-33(3)14-16-34;1-3-2/h4-9,18-20H,10-17H2,1-3H3,(H2,31,32);3H,1H2,2H3/b21-4+;. The van der Waals surface area contributed by atoms with Gasteiger partial charge in [-0.1, -0.05) is 53.2 Å². The largest absolute Gasteiger partial charge is 0.394 e. The quantitative estimate of drug-likeness (QED) is 0.129. The van der Waals surface area contributed by atoms with E-state index in [0.717, 1.165) is 32.6 Å². The average Bonchev–Trinajstić information content (AvgIpc) is 2.96. The summed E-state index contributed by atoms with van der Waals surface area (Å²) in [4.78, 5) is 23.1. The van der Waals surface area contributed by atoms with Crippen molar-refractivity contribution in [2.45, 2.75) is 40.2 Å². The highest BCUT2D eigenvalue weighted by Crippen LogP contribution is 2.26. The number of piperazine rings is 1. The number of halogens is 1. The molecule has 1 aliphatic heterocycles. The van der Waals surface area contributed by atoms with Crippen molar-refractivity contribution in [2.75, 3.05) is 44.7 Å². The van der Waals surface area contributed by atoms with Crippen LogP contribution in [0, 0.1) is 5.82 Å². The second kappa shape index (κ2) is 15.0. The molecule has 2 aromatic carbocycles. The Morgan fingerprint density at radius 1 is 1.15 bits per heavy atom. The Labute approximate surface area is 237 Å². The number of likely N-dealkylation sites (N-methyl/N-ethyl adjacent to an activating group) is 1. The molecule has 0 unspecified atom stereocenters. The van der Waals surface area contributed by atoms with E-state index in [1.807, 2.05) is 54.5 Å². The van der Waals surface area contributed by atoms with E-state index >= 15 is 4.39 Å². The molecule has 0 bridgehead atoms. The van der Waals surface area contributed by atoms with E-state index in [-0.39, 0.29) is 22.2 Å². The second-order valence-electron chi connectivity index (χ2n) is 10.0. The van der Waals surface area contributed by atoms with Crippen LogP contribution in [0.4, 0.5) is 10.1 Å². The van der Waals surface area contributed by atoms with E-state index in [1.165, 1.54) is 17.2 Å². The number of aryl methyl sites for hydroxylation is 2. The summed E-state index contributed by atoms with van der Waals surface area (Å²) in [6, 6.07) is 13.3. The number of pyridine rings is 1. The third-order valence-electron chi connectivity index (χ3n) is 7.00. The molecular weight excluding hydrogens is 505 g/mol. The Morgan fingerprint density at radius 3 is 2.48 bits per heavy atom. The lowest BCUT2D eigenvalue weighted by Crippen LogP contribution is -2.44. The van der Waals surface area contributed by atoms with Gasteiger partial charge in [-0.2, -0.15) is 0 Å². The van der Waals surface area contributed by atoms with E-state index < -0.39 is 5.82 Å². The fourth-order valence-electron chi connectivity index (χ4n) is 4.47. The van der Waals surface area contributed by atoms with E-state index in [0.29, 0.717) is 30.8 Å². The third-order valence-corrected chi connectivity index (χ3v) is 7.00. The second-order valence-corrected chi connectivity index (χ2v) is 10.0. The van der Waals surface area contributed by atoms with Crippen molar-refractivity contribution < 1.29 is 9.23 Å². The van der Waals surface area contributed by atoms with Gasteiger partial charge in [0.25, 0.3) is 0 Å². The molecule has 0 saturated carbocycles.